The molecule has 0 aliphatic heterocycles. The van der Waals surface area contributed by atoms with E-state index < -0.39 is 17.8 Å². The Labute approximate surface area is 110 Å². The highest BCUT2D eigenvalue weighted by atomic mass is 19.1. The molecule has 1 aromatic carbocycles. The lowest BCUT2D eigenvalue weighted by atomic mass is 10.2. The molecule has 0 bridgehead atoms. The van der Waals surface area contributed by atoms with Crippen molar-refractivity contribution in [3.05, 3.63) is 41.7 Å². The Kier molecular flexibility index (Phi) is 5.53. The van der Waals surface area contributed by atoms with Crippen LogP contribution >= 0.6 is 0 Å². The quantitative estimate of drug-likeness (QED) is 0.566. The van der Waals surface area contributed by atoms with Crippen molar-refractivity contribution in [3.63, 3.8) is 0 Å². The monoisotopic (exact) mass is 266 g/mol. The van der Waals surface area contributed by atoms with Gasteiger partial charge < -0.3 is 15.7 Å². The minimum absolute atomic E-state index is 0.0532. The fraction of sp³-hybridized carbons (Fsp3) is 0.231. The van der Waals surface area contributed by atoms with Crippen molar-refractivity contribution in [2.75, 3.05) is 11.9 Å². The van der Waals surface area contributed by atoms with Crippen LogP contribution in [0, 0.1) is 5.82 Å². The highest BCUT2D eigenvalue weighted by Gasteiger charge is 2.13. The van der Waals surface area contributed by atoms with Gasteiger partial charge in [0.2, 0.25) is 0 Å². The number of carboxylic acid groups (broad SMARTS) is 1. The summed E-state index contributed by atoms with van der Waals surface area (Å²) < 4.78 is 12.9. The number of halogens is 1. The fourth-order valence-electron chi connectivity index (χ4n) is 1.40. The van der Waals surface area contributed by atoms with E-state index in [-0.39, 0.29) is 11.3 Å². The first kappa shape index (κ1) is 14.7. The SMILES string of the molecule is C/C=C/CCNC(=O)Nc1ccc(F)cc1C(=O)O. The lowest BCUT2D eigenvalue weighted by molar-refractivity contribution is 0.0697. The van der Waals surface area contributed by atoms with Gasteiger partial charge in [-0.1, -0.05) is 12.2 Å². The van der Waals surface area contributed by atoms with Crippen LogP contribution in [0.4, 0.5) is 14.9 Å². The van der Waals surface area contributed by atoms with Crippen molar-refractivity contribution < 1.29 is 19.1 Å². The smallest absolute Gasteiger partial charge is 0.337 e. The first-order chi connectivity index (χ1) is 9.04. The zero-order valence-electron chi connectivity index (χ0n) is 10.4. The van der Waals surface area contributed by atoms with Crippen LogP contribution in [0.25, 0.3) is 0 Å². The maximum Gasteiger partial charge on any atom is 0.337 e. The van der Waals surface area contributed by atoms with Gasteiger partial charge in [-0.3, -0.25) is 0 Å². The van der Waals surface area contributed by atoms with Gasteiger partial charge in [-0.2, -0.15) is 0 Å². The van der Waals surface area contributed by atoms with E-state index in [4.69, 9.17) is 5.11 Å². The summed E-state index contributed by atoms with van der Waals surface area (Å²) in [6, 6.07) is 2.63. The van der Waals surface area contributed by atoms with E-state index >= 15 is 0 Å². The first-order valence-electron chi connectivity index (χ1n) is 5.73. The number of aromatic carboxylic acids is 1. The molecule has 1 aromatic rings. The molecule has 0 saturated heterocycles. The van der Waals surface area contributed by atoms with E-state index in [0.29, 0.717) is 13.0 Å². The van der Waals surface area contributed by atoms with Gasteiger partial charge in [0.15, 0.2) is 0 Å². The molecule has 19 heavy (non-hydrogen) atoms. The topological polar surface area (TPSA) is 78.4 Å². The first-order valence-corrected chi connectivity index (χ1v) is 5.73. The third kappa shape index (κ3) is 4.79. The standard InChI is InChI=1S/C13H15FN2O3/c1-2-3-4-7-15-13(19)16-11-6-5-9(14)8-10(11)12(17)18/h2-3,5-6,8H,4,7H2,1H3,(H,17,18)(H2,15,16,19)/b3-2+. The molecule has 1 rings (SSSR count). The zero-order chi connectivity index (χ0) is 14.3. The Balaban J connectivity index is 2.66. The molecule has 0 aliphatic rings. The van der Waals surface area contributed by atoms with Crippen molar-refractivity contribution >= 4 is 17.7 Å². The van der Waals surface area contributed by atoms with E-state index in [1.807, 2.05) is 19.1 Å². The number of hydrogen-bond donors (Lipinski definition) is 3. The number of carbonyl (C=O) groups is 2. The van der Waals surface area contributed by atoms with Crippen molar-refractivity contribution in [1.82, 2.24) is 5.32 Å². The van der Waals surface area contributed by atoms with Crippen molar-refractivity contribution in [2.45, 2.75) is 13.3 Å². The van der Waals surface area contributed by atoms with Crippen molar-refractivity contribution in [3.8, 4) is 0 Å². The van der Waals surface area contributed by atoms with E-state index in [1.54, 1.807) is 0 Å². The molecule has 2 amide bonds. The summed E-state index contributed by atoms with van der Waals surface area (Å²) in [4.78, 5) is 22.4. The van der Waals surface area contributed by atoms with E-state index in [2.05, 4.69) is 10.6 Å². The van der Waals surface area contributed by atoms with Gasteiger partial charge in [-0.15, -0.1) is 0 Å². The number of anilines is 1. The van der Waals surface area contributed by atoms with Crippen LogP contribution in [0.15, 0.2) is 30.4 Å². The maximum atomic E-state index is 12.9. The lowest BCUT2D eigenvalue weighted by Gasteiger charge is -2.09. The summed E-state index contributed by atoms with van der Waals surface area (Å²) in [6.07, 6.45) is 4.43. The van der Waals surface area contributed by atoms with Crippen LogP contribution in [0.3, 0.4) is 0 Å². The average molecular weight is 266 g/mol. The molecule has 0 unspecified atom stereocenters. The van der Waals surface area contributed by atoms with Gasteiger partial charge in [0.1, 0.15) is 5.82 Å². The van der Waals surface area contributed by atoms with Crippen molar-refractivity contribution in [2.24, 2.45) is 0 Å². The zero-order valence-corrected chi connectivity index (χ0v) is 10.4. The molecule has 0 aliphatic carbocycles. The van der Waals surface area contributed by atoms with Gasteiger partial charge in [0, 0.05) is 6.54 Å². The second kappa shape index (κ2) is 7.15. The molecule has 5 nitrogen and oxygen atoms in total. The molecule has 0 fully saturated rings. The number of urea groups is 1. The van der Waals surface area contributed by atoms with Gasteiger partial charge in [0.05, 0.1) is 11.3 Å². The summed E-state index contributed by atoms with van der Waals surface area (Å²) in [5.74, 6) is -1.97. The van der Waals surface area contributed by atoms with Crippen LogP contribution in [0.5, 0.6) is 0 Å². The molecule has 6 heteroatoms. The van der Waals surface area contributed by atoms with E-state index in [1.165, 1.54) is 6.07 Å². The summed E-state index contributed by atoms with van der Waals surface area (Å²) >= 11 is 0. The second-order valence-corrected chi connectivity index (χ2v) is 3.73. The predicted octanol–water partition coefficient (Wildman–Crippen LogP) is 2.61. The Hall–Kier alpha value is -2.37. The van der Waals surface area contributed by atoms with E-state index in [9.17, 15) is 14.0 Å². The number of carbonyl (C=O) groups excluding carboxylic acids is 1. The number of hydrogen-bond acceptors (Lipinski definition) is 2. The van der Waals surface area contributed by atoms with Gasteiger partial charge in [-0.05, 0) is 31.5 Å². The number of nitrogens with one attached hydrogen (secondary N) is 2. The molecule has 3 N–H and O–H groups in total. The highest BCUT2D eigenvalue weighted by molar-refractivity contribution is 5.99. The molecule has 0 atom stereocenters. The summed E-state index contributed by atoms with van der Waals surface area (Å²) in [6.45, 7) is 2.30. The number of rotatable bonds is 5. The largest absolute Gasteiger partial charge is 0.478 e. The second-order valence-electron chi connectivity index (χ2n) is 3.73. The van der Waals surface area contributed by atoms with Gasteiger partial charge >= 0.3 is 12.0 Å². The third-order valence-corrected chi connectivity index (χ3v) is 2.29. The molecule has 102 valence electrons. The Bertz CT molecular complexity index is 501. The van der Waals surface area contributed by atoms with Gasteiger partial charge in [-0.25, -0.2) is 14.0 Å². The third-order valence-electron chi connectivity index (χ3n) is 2.29. The van der Waals surface area contributed by atoms with Crippen LogP contribution in [-0.2, 0) is 0 Å². The average Bonchev–Trinajstić information content (AvgIpc) is 2.36. The summed E-state index contributed by atoms with van der Waals surface area (Å²) in [7, 11) is 0. The molecular weight excluding hydrogens is 251 g/mol. The minimum atomic E-state index is -1.30. The summed E-state index contributed by atoms with van der Waals surface area (Å²) in [5, 5.41) is 13.8. The molecule has 0 spiro atoms. The Morgan fingerprint density at radius 3 is 2.79 bits per heavy atom. The summed E-state index contributed by atoms with van der Waals surface area (Å²) in [5.41, 5.74) is -0.235. The number of benzene rings is 1. The molecule has 0 aromatic heterocycles. The van der Waals surface area contributed by atoms with Gasteiger partial charge in [0.25, 0.3) is 0 Å². The minimum Gasteiger partial charge on any atom is -0.478 e. The highest BCUT2D eigenvalue weighted by Crippen LogP contribution is 2.16. The number of carboxylic acids is 1. The predicted molar refractivity (Wildman–Crippen MR) is 69.8 cm³/mol. The number of allylic oxidation sites excluding steroid dienone is 1. The lowest BCUT2D eigenvalue weighted by Crippen LogP contribution is -2.30. The Morgan fingerprint density at radius 2 is 2.16 bits per heavy atom. The fourth-order valence-corrected chi connectivity index (χ4v) is 1.40. The number of amides is 2. The normalized spacial score (nSPS) is 10.4. The molecular formula is C13H15FN2O3. The molecule has 0 saturated carbocycles. The van der Waals surface area contributed by atoms with Crippen LogP contribution < -0.4 is 10.6 Å². The molecule has 0 heterocycles. The maximum absolute atomic E-state index is 12.9. The molecule has 0 radical (unpaired) electrons. The van der Waals surface area contributed by atoms with Crippen LogP contribution in [-0.4, -0.2) is 23.7 Å². The van der Waals surface area contributed by atoms with Crippen LogP contribution in [0.2, 0.25) is 0 Å². The van der Waals surface area contributed by atoms with Crippen molar-refractivity contribution in [1.29, 1.82) is 0 Å². The van der Waals surface area contributed by atoms with E-state index in [0.717, 1.165) is 12.1 Å². The van der Waals surface area contributed by atoms with Crippen LogP contribution in [0.1, 0.15) is 23.7 Å². The Morgan fingerprint density at radius 1 is 1.42 bits per heavy atom.